The molecule has 1 aliphatic carbocycles. The lowest BCUT2D eigenvalue weighted by atomic mass is 9.64. The van der Waals surface area contributed by atoms with Gasteiger partial charge in [0.1, 0.15) is 18.5 Å². The molecule has 32 heavy (non-hydrogen) atoms. The predicted molar refractivity (Wildman–Crippen MR) is 116 cm³/mol. The van der Waals surface area contributed by atoms with E-state index in [-0.39, 0.29) is 18.7 Å². The Morgan fingerprint density at radius 2 is 2.22 bits per heavy atom. The number of benzene rings is 1. The second-order valence-corrected chi connectivity index (χ2v) is 9.01. The van der Waals surface area contributed by atoms with Gasteiger partial charge in [-0.15, -0.1) is 10.2 Å². The molecule has 5 rings (SSSR count). The molecule has 2 fully saturated rings. The summed E-state index contributed by atoms with van der Waals surface area (Å²) in [7, 11) is 3.36. The maximum Gasteiger partial charge on any atom is 0.323 e. The Morgan fingerprint density at radius 1 is 1.38 bits per heavy atom. The van der Waals surface area contributed by atoms with Crippen molar-refractivity contribution in [1.82, 2.24) is 29.9 Å². The van der Waals surface area contributed by atoms with E-state index in [0.29, 0.717) is 39.8 Å². The first kappa shape index (κ1) is 20.9. The fraction of sp³-hybridized carbons (Fsp3) is 0.476. The van der Waals surface area contributed by atoms with Crippen molar-refractivity contribution in [1.29, 1.82) is 0 Å². The van der Waals surface area contributed by atoms with E-state index in [1.54, 1.807) is 43.4 Å². The van der Waals surface area contributed by atoms with Gasteiger partial charge in [0.05, 0.1) is 5.02 Å². The number of nitrogens with zero attached hydrogens (tertiary/aromatic N) is 6. The van der Waals surface area contributed by atoms with E-state index in [4.69, 9.17) is 20.8 Å². The van der Waals surface area contributed by atoms with Crippen LogP contribution in [0.25, 0.3) is 11.4 Å². The maximum absolute atomic E-state index is 13.4. The molecule has 3 heterocycles. The van der Waals surface area contributed by atoms with Crippen LogP contribution in [0.15, 0.2) is 28.9 Å². The summed E-state index contributed by atoms with van der Waals surface area (Å²) in [4.78, 5) is 19.5. The van der Waals surface area contributed by atoms with Crippen molar-refractivity contribution in [3.05, 3.63) is 41.3 Å². The second-order valence-electron chi connectivity index (χ2n) is 8.61. The zero-order chi connectivity index (χ0) is 22.5. The van der Waals surface area contributed by atoms with Crippen molar-refractivity contribution in [2.45, 2.75) is 44.4 Å². The number of halogens is 1. The van der Waals surface area contributed by atoms with Gasteiger partial charge in [-0.1, -0.05) is 18.5 Å². The van der Waals surface area contributed by atoms with Crippen LogP contribution in [0.1, 0.15) is 38.0 Å². The SMILES string of the molecule is COCc1nnc(C23CC(C)CC(C2)N3C(=O)Nc2ccc(Cl)c(-c3ncn(C)n3)c2)o1. The standard InChI is InChI=1S/C21H24ClN7O3/c1-12-6-14-9-21(8-12,19-26-25-17(32-19)10-31-3)29(14)20(30)24-13-4-5-16(22)15(7-13)18-23-11-28(2)27-18/h4-5,7,11-12,14H,6,8-10H2,1-3H3,(H,24,30). The maximum atomic E-state index is 13.4. The van der Waals surface area contributed by atoms with E-state index < -0.39 is 5.54 Å². The van der Waals surface area contributed by atoms with Crippen LogP contribution in [0.4, 0.5) is 10.5 Å². The number of fused-ring (bicyclic) bond motifs is 2. The first-order chi connectivity index (χ1) is 15.4. The fourth-order valence-corrected chi connectivity index (χ4v) is 5.20. The van der Waals surface area contributed by atoms with Gasteiger partial charge in [0.25, 0.3) is 0 Å². The Bertz CT molecular complexity index is 1160. The highest BCUT2D eigenvalue weighted by atomic mass is 35.5. The van der Waals surface area contributed by atoms with Crippen LogP contribution in [0.5, 0.6) is 0 Å². The van der Waals surface area contributed by atoms with E-state index in [2.05, 4.69) is 32.5 Å². The first-order valence-electron chi connectivity index (χ1n) is 10.5. The molecule has 1 saturated carbocycles. The lowest BCUT2D eigenvalue weighted by molar-refractivity contribution is -0.110. The van der Waals surface area contributed by atoms with Crippen molar-refractivity contribution in [2.75, 3.05) is 12.4 Å². The van der Waals surface area contributed by atoms with Crippen LogP contribution in [-0.2, 0) is 23.9 Å². The van der Waals surface area contributed by atoms with Crippen molar-refractivity contribution < 1.29 is 13.9 Å². The molecular weight excluding hydrogens is 434 g/mol. The Balaban J connectivity index is 1.41. The number of rotatable bonds is 5. The summed E-state index contributed by atoms with van der Waals surface area (Å²) in [6, 6.07) is 5.19. The monoisotopic (exact) mass is 457 g/mol. The Hall–Kier alpha value is -2.98. The molecule has 3 atom stereocenters. The minimum atomic E-state index is -0.594. The van der Waals surface area contributed by atoms with Crippen LogP contribution < -0.4 is 5.32 Å². The minimum absolute atomic E-state index is 0.126. The number of aromatic nitrogens is 5. The van der Waals surface area contributed by atoms with Crippen LogP contribution in [0.3, 0.4) is 0 Å². The van der Waals surface area contributed by atoms with Crippen LogP contribution >= 0.6 is 11.6 Å². The molecule has 3 aromatic rings. The highest BCUT2D eigenvalue weighted by Gasteiger charge is 2.62. The molecule has 2 aliphatic rings. The van der Waals surface area contributed by atoms with Gasteiger partial charge in [-0.2, -0.15) is 5.10 Å². The normalized spacial score (nSPS) is 24.3. The quantitative estimate of drug-likeness (QED) is 0.623. The number of likely N-dealkylation sites (tertiary alicyclic amines) is 1. The van der Waals surface area contributed by atoms with Gasteiger partial charge in [-0.05, 0) is 37.0 Å². The Kier molecular flexibility index (Phi) is 5.13. The number of carbonyl (C=O) groups is 1. The number of nitrogens with one attached hydrogen (secondary N) is 1. The van der Waals surface area contributed by atoms with E-state index >= 15 is 0 Å². The van der Waals surface area contributed by atoms with E-state index in [9.17, 15) is 4.79 Å². The molecule has 1 aliphatic heterocycles. The Morgan fingerprint density at radius 3 is 2.97 bits per heavy atom. The average Bonchev–Trinajstić information content (AvgIpc) is 3.38. The summed E-state index contributed by atoms with van der Waals surface area (Å²) < 4.78 is 12.6. The van der Waals surface area contributed by atoms with Gasteiger partial charge in [0.15, 0.2) is 5.82 Å². The van der Waals surface area contributed by atoms with Crippen LogP contribution in [-0.4, -0.2) is 49.0 Å². The van der Waals surface area contributed by atoms with Gasteiger partial charge in [-0.3, -0.25) is 4.68 Å². The molecular formula is C21H24ClN7O3. The topological polar surface area (TPSA) is 111 Å². The third-order valence-electron chi connectivity index (χ3n) is 6.17. The molecule has 11 heteroatoms. The number of anilines is 1. The van der Waals surface area contributed by atoms with Crippen molar-refractivity contribution in [3.63, 3.8) is 0 Å². The van der Waals surface area contributed by atoms with Gasteiger partial charge < -0.3 is 19.4 Å². The number of carbonyl (C=O) groups excluding carboxylic acids is 1. The molecule has 0 spiro atoms. The third-order valence-corrected chi connectivity index (χ3v) is 6.50. The molecule has 2 aromatic heterocycles. The summed E-state index contributed by atoms with van der Waals surface area (Å²) in [6.45, 7) is 2.43. The molecule has 1 N–H and O–H groups in total. The van der Waals surface area contributed by atoms with E-state index in [1.165, 1.54) is 0 Å². The van der Waals surface area contributed by atoms with Gasteiger partial charge in [0.2, 0.25) is 11.8 Å². The molecule has 0 radical (unpaired) electrons. The zero-order valence-electron chi connectivity index (χ0n) is 18.1. The highest BCUT2D eigenvalue weighted by Crippen LogP contribution is 2.55. The number of amides is 2. The fourth-order valence-electron chi connectivity index (χ4n) is 4.99. The van der Waals surface area contributed by atoms with E-state index in [1.807, 2.05) is 4.90 Å². The number of hydrogen-bond acceptors (Lipinski definition) is 7. The molecule has 3 unspecified atom stereocenters. The summed E-state index contributed by atoms with van der Waals surface area (Å²) >= 11 is 6.35. The average molecular weight is 458 g/mol. The minimum Gasteiger partial charge on any atom is -0.420 e. The molecule has 10 nitrogen and oxygen atoms in total. The predicted octanol–water partition coefficient (Wildman–Crippen LogP) is 3.60. The lowest BCUT2D eigenvalue weighted by Crippen LogP contribution is -2.70. The summed E-state index contributed by atoms with van der Waals surface area (Å²) in [5.41, 5.74) is 0.669. The molecule has 2 amide bonds. The smallest absolute Gasteiger partial charge is 0.323 e. The number of aryl methyl sites for hydroxylation is 1. The summed E-state index contributed by atoms with van der Waals surface area (Å²) in [5, 5.41) is 16.2. The third kappa shape index (κ3) is 3.43. The highest BCUT2D eigenvalue weighted by molar-refractivity contribution is 6.33. The van der Waals surface area contributed by atoms with Crippen LogP contribution in [0, 0.1) is 5.92 Å². The number of urea groups is 1. The largest absolute Gasteiger partial charge is 0.420 e. The van der Waals surface area contributed by atoms with Crippen molar-refractivity contribution in [2.24, 2.45) is 13.0 Å². The number of piperidine rings is 1. The van der Waals surface area contributed by atoms with Gasteiger partial charge >= 0.3 is 6.03 Å². The van der Waals surface area contributed by atoms with Gasteiger partial charge in [-0.25, -0.2) is 9.78 Å². The number of methoxy groups -OCH3 is 1. The van der Waals surface area contributed by atoms with Crippen LogP contribution in [0.2, 0.25) is 5.02 Å². The zero-order valence-corrected chi connectivity index (χ0v) is 18.8. The summed E-state index contributed by atoms with van der Waals surface area (Å²) in [5.74, 6) is 1.82. The number of ether oxygens (including phenoxy) is 1. The molecule has 2 bridgehead atoms. The molecule has 1 aromatic carbocycles. The molecule has 168 valence electrons. The molecule has 1 saturated heterocycles. The second kappa shape index (κ2) is 7.86. The van der Waals surface area contributed by atoms with E-state index in [0.717, 1.165) is 19.3 Å². The van der Waals surface area contributed by atoms with Crippen molar-refractivity contribution >= 4 is 23.3 Å². The lowest BCUT2D eigenvalue weighted by Gasteiger charge is -2.61. The Labute approximate surface area is 189 Å². The van der Waals surface area contributed by atoms with Gasteiger partial charge in [0, 0.05) is 37.9 Å². The van der Waals surface area contributed by atoms with Crippen molar-refractivity contribution in [3.8, 4) is 11.4 Å². The first-order valence-corrected chi connectivity index (χ1v) is 10.8. The summed E-state index contributed by atoms with van der Waals surface area (Å²) in [6.07, 6.45) is 4.13. The number of hydrogen-bond donors (Lipinski definition) is 1.